The van der Waals surface area contributed by atoms with Crippen molar-refractivity contribution in [3.63, 3.8) is 0 Å². The summed E-state index contributed by atoms with van der Waals surface area (Å²) in [5.41, 5.74) is 8.72. The first-order valence-corrected chi connectivity index (χ1v) is 11.6. The van der Waals surface area contributed by atoms with E-state index < -0.39 is 5.91 Å². The van der Waals surface area contributed by atoms with Crippen molar-refractivity contribution in [2.45, 2.75) is 45.1 Å². The highest BCUT2D eigenvalue weighted by molar-refractivity contribution is 9.10. The summed E-state index contributed by atoms with van der Waals surface area (Å²) in [5, 5.41) is 7.78. The van der Waals surface area contributed by atoms with Crippen molar-refractivity contribution >= 4 is 44.1 Å². The van der Waals surface area contributed by atoms with Gasteiger partial charge in [-0.15, -0.1) is 11.3 Å². The molecule has 1 aliphatic carbocycles. The van der Waals surface area contributed by atoms with Crippen molar-refractivity contribution in [1.82, 2.24) is 9.78 Å². The van der Waals surface area contributed by atoms with Crippen LogP contribution in [0.4, 0.5) is 5.00 Å². The number of rotatable bonds is 5. The largest absolute Gasteiger partial charge is 0.365 e. The maximum absolute atomic E-state index is 13.0. The third-order valence-corrected chi connectivity index (χ3v) is 6.90. The highest BCUT2D eigenvalue weighted by Crippen LogP contribution is 2.37. The molecule has 156 valence electrons. The number of aromatic nitrogens is 2. The van der Waals surface area contributed by atoms with E-state index in [0.717, 1.165) is 47.7 Å². The van der Waals surface area contributed by atoms with Crippen LogP contribution in [0.1, 0.15) is 62.4 Å². The average molecular weight is 487 g/mol. The Morgan fingerprint density at radius 2 is 2.00 bits per heavy atom. The van der Waals surface area contributed by atoms with Crippen LogP contribution in [0.15, 0.2) is 41.1 Å². The average Bonchev–Trinajstić information content (AvgIpc) is 3.25. The Balaban J connectivity index is 1.57. The van der Waals surface area contributed by atoms with Crippen LogP contribution in [0.25, 0.3) is 0 Å². The van der Waals surface area contributed by atoms with Gasteiger partial charge in [0.15, 0.2) is 0 Å². The van der Waals surface area contributed by atoms with E-state index in [1.807, 2.05) is 24.4 Å². The van der Waals surface area contributed by atoms with E-state index in [4.69, 9.17) is 5.73 Å². The quantitative estimate of drug-likeness (QED) is 0.544. The number of halogens is 1. The number of primary amides is 1. The van der Waals surface area contributed by atoms with E-state index in [2.05, 4.69) is 26.3 Å². The molecule has 0 fully saturated rings. The zero-order chi connectivity index (χ0) is 21.1. The standard InChI is InChI=1S/C22H23BrN4O2S/c23-16-11-25-27(13-16)12-14-6-5-7-15(10-14)21(29)26-22-19(20(24)28)17-8-3-1-2-4-9-18(17)30-22/h5-7,10-11,13H,1-4,8-9,12H2,(H2,24,28)(H,26,29). The summed E-state index contributed by atoms with van der Waals surface area (Å²) in [6.45, 7) is 0.562. The second-order valence-electron chi connectivity index (χ2n) is 7.50. The summed E-state index contributed by atoms with van der Waals surface area (Å²) in [4.78, 5) is 26.3. The Bertz CT molecular complexity index is 1090. The monoisotopic (exact) mass is 486 g/mol. The van der Waals surface area contributed by atoms with E-state index in [-0.39, 0.29) is 5.91 Å². The number of aryl methyl sites for hydroxylation is 1. The van der Waals surface area contributed by atoms with E-state index in [0.29, 0.717) is 22.7 Å². The number of nitrogens with zero attached hydrogens (tertiary/aromatic N) is 2. The molecule has 3 aromatic rings. The van der Waals surface area contributed by atoms with Gasteiger partial charge in [0.2, 0.25) is 0 Å². The molecule has 2 aromatic heterocycles. The molecule has 0 saturated heterocycles. The zero-order valence-electron chi connectivity index (χ0n) is 16.5. The number of nitrogens with one attached hydrogen (secondary N) is 1. The molecule has 2 amide bonds. The third kappa shape index (κ3) is 4.65. The molecule has 0 aliphatic heterocycles. The lowest BCUT2D eigenvalue weighted by Crippen LogP contribution is -2.18. The smallest absolute Gasteiger partial charge is 0.256 e. The number of anilines is 1. The van der Waals surface area contributed by atoms with Gasteiger partial charge in [-0.25, -0.2) is 0 Å². The molecule has 8 heteroatoms. The second-order valence-corrected chi connectivity index (χ2v) is 9.52. The number of carbonyl (C=O) groups excluding carboxylic acids is 2. The van der Waals surface area contributed by atoms with Crippen molar-refractivity contribution in [2.75, 3.05) is 5.32 Å². The van der Waals surface area contributed by atoms with Crippen molar-refractivity contribution in [1.29, 1.82) is 0 Å². The fourth-order valence-corrected chi connectivity index (χ4v) is 5.48. The number of thiophene rings is 1. The number of hydrogen-bond donors (Lipinski definition) is 2. The molecule has 4 rings (SSSR count). The maximum atomic E-state index is 13.0. The Morgan fingerprint density at radius 3 is 2.73 bits per heavy atom. The van der Waals surface area contributed by atoms with Gasteiger partial charge in [-0.3, -0.25) is 14.3 Å². The van der Waals surface area contributed by atoms with Gasteiger partial charge in [-0.05, 0) is 64.9 Å². The van der Waals surface area contributed by atoms with Gasteiger partial charge in [-0.2, -0.15) is 5.10 Å². The molecule has 1 aromatic carbocycles. The van der Waals surface area contributed by atoms with Crippen LogP contribution in [0, 0.1) is 0 Å². The van der Waals surface area contributed by atoms with Crippen molar-refractivity contribution in [3.8, 4) is 0 Å². The van der Waals surface area contributed by atoms with Crippen LogP contribution < -0.4 is 11.1 Å². The first-order valence-electron chi connectivity index (χ1n) is 10.0. The summed E-state index contributed by atoms with van der Waals surface area (Å²) < 4.78 is 2.70. The Kier molecular flexibility index (Phi) is 6.34. The molecule has 0 radical (unpaired) electrons. The lowest BCUT2D eigenvalue weighted by molar-refractivity contribution is 0.100. The number of hydrogen-bond acceptors (Lipinski definition) is 4. The van der Waals surface area contributed by atoms with Crippen LogP contribution in [0.5, 0.6) is 0 Å². The molecule has 0 atom stereocenters. The minimum Gasteiger partial charge on any atom is -0.365 e. The molecule has 0 unspecified atom stereocenters. The predicted octanol–water partition coefficient (Wildman–Crippen LogP) is 4.77. The molecule has 0 spiro atoms. The minimum atomic E-state index is -0.471. The number of fused-ring (bicyclic) bond motifs is 1. The Morgan fingerprint density at radius 1 is 1.20 bits per heavy atom. The van der Waals surface area contributed by atoms with Crippen LogP contribution >= 0.6 is 27.3 Å². The van der Waals surface area contributed by atoms with Crippen molar-refractivity contribution in [2.24, 2.45) is 5.73 Å². The topological polar surface area (TPSA) is 90.0 Å². The van der Waals surface area contributed by atoms with Gasteiger partial charge in [0.1, 0.15) is 5.00 Å². The summed E-state index contributed by atoms with van der Waals surface area (Å²) in [6, 6.07) is 7.42. The highest BCUT2D eigenvalue weighted by Gasteiger charge is 2.24. The number of benzene rings is 1. The van der Waals surface area contributed by atoms with Crippen LogP contribution in [0.3, 0.4) is 0 Å². The molecule has 0 bridgehead atoms. The van der Waals surface area contributed by atoms with E-state index in [1.54, 1.807) is 16.9 Å². The van der Waals surface area contributed by atoms with Crippen LogP contribution in [-0.2, 0) is 19.4 Å². The molecule has 1 aliphatic rings. The lowest BCUT2D eigenvalue weighted by Gasteiger charge is -2.10. The predicted molar refractivity (Wildman–Crippen MR) is 122 cm³/mol. The molecule has 2 heterocycles. The number of nitrogens with two attached hydrogens (primary N) is 1. The maximum Gasteiger partial charge on any atom is 0.256 e. The molecule has 30 heavy (non-hydrogen) atoms. The normalized spacial score (nSPS) is 13.9. The second kappa shape index (κ2) is 9.14. The molecular weight excluding hydrogens is 464 g/mol. The van der Waals surface area contributed by atoms with E-state index in [9.17, 15) is 9.59 Å². The zero-order valence-corrected chi connectivity index (χ0v) is 18.9. The van der Waals surface area contributed by atoms with E-state index in [1.165, 1.54) is 22.6 Å². The van der Waals surface area contributed by atoms with E-state index >= 15 is 0 Å². The Labute approximate surface area is 187 Å². The summed E-state index contributed by atoms with van der Waals surface area (Å²) in [6.07, 6.45) is 9.89. The number of amides is 2. The van der Waals surface area contributed by atoms with Gasteiger partial charge in [0.05, 0.1) is 22.8 Å². The summed E-state index contributed by atoms with van der Waals surface area (Å²) >= 11 is 4.88. The fraction of sp³-hybridized carbons (Fsp3) is 0.318. The van der Waals surface area contributed by atoms with Gasteiger partial charge in [-0.1, -0.05) is 25.0 Å². The lowest BCUT2D eigenvalue weighted by atomic mass is 9.96. The van der Waals surface area contributed by atoms with Gasteiger partial charge in [0, 0.05) is 16.6 Å². The Hall–Kier alpha value is -2.45. The van der Waals surface area contributed by atoms with Gasteiger partial charge < -0.3 is 11.1 Å². The van der Waals surface area contributed by atoms with Gasteiger partial charge >= 0.3 is 0 Å². The summed E-state index contributed by atoms with van der Waals surface area (Å²) in [7, 11) is 0. The van der Waals surface area contributed by atoms with Gasteiger partial charge in [0.25, 0.3) is 11.8 Å². The summed E-state index contributed by atoms with van der Waals surface area (Å²) in [5.74, 6) is -0.711. The first-order chi connectivity index (χ1) is 14.5. The molecule has 6 nitrogen and oxygen atoms in total. The molecule has 3 N–H and O–H groups in total. The van der Waals surface area contributed by atoms with Crippen molar-refractivity contribution in [3.05, 3.63) is 68.3 Å². The minimum absolute atomic E-state index is 0.241. The SMILES string of the molecule is NC(=O)c1c(NC(=O)c2cccc(Cn3cc(Br)cn3)c2)sc2c1CCCCCC2. The fourth-order valence-electron chi connectivity index (χ4n) is 3.87. The first kappa shape index (κ1) is 20.8. The van der Waals surface area contributed by atoms with Crippen LogP contribution in [0.2, 0.25) is 0 Å². The third-order valence-electron chi connectivity index (χ3n) is 5.28. The number of carbonyl (C=O) groups is 2. The van der Waals surface area contributed by atoms with Crippen LogP contribution in [-0.4, -0.2) is 21.6 Å². The molecule has 0 saturated carbocycles. The van der Waals surface area contributed by atoms with Crippen molar-refractivity contribution < 1.29 is 9.59 Å². The highest BCUT2D eigenvalue weighted by atomic mass is 79.9. The molecular formula is C22H23BrN4O2S.